The summed E-state index contributed by atoms with van der Waals surface area (Å²) < 4.78 is 7.95. The molecule has 2 aromatic rings. The van der Waals surface area contributed by atoms with Crippen LogP contribution in [0.25, 0.3) is 0 Å². The Morgan fingerprint density at radius 1 is 1.24 bits per heavy atom. The summed E-state index contributed by atoms with van der Waals surface area (Å²) in [5, 5.41) is 3.32. The van der Waals surface area contributed by atoms with Crippen LogP contribution in [0.1, 0.15) is 11.3 Å². The number of aryl methyl sites for hydroxylation is 1. The van der Waals surface area contributed by atoms with Crippen molar-refractivity contribution in [3.63, 3.8) is 0 Å². The fourth-order valence-corrected chi connectivity index (χ4v) is 2.42. The minimum atomic E-state index is -0.363. The van der Waals surface area contributed by atoms with E-state index in [4.69, 9.17) is 4.74 Å². The van der Waals surface area contributed by atoms with Crippen molar-refractivity contribution >= 4 is 11.5 Å². The molecule has 1 unspecified atom stereocenters. The van der Waals surface area contributed by atoms with E-state index in [1.165, 1.54) is 0 Å². The van der Waals surface area contributed by atoms with E-state index in [0.29, 0.717) is 6.61 Å². The van der Waals surface area contributed by atoms with Crippen molar-refractivity contribution in [2.45, 2.75) is 13.0 Å². The second kappa shape index (κ2) is 5.61. The maximum absolute atomic E-state index is 5.88. The van der Waals surface area contributed by atoms with Crippen molar-refractivity contribution in [3.05, 3.63) is 53.9 Å². The number of hydrogen-bond acceptors (Lipinski definition) is 4. The second-order valence-corrected chi connectivity index (χ2v) is 5.33. The number of nitrogens with one attached hydrogen (secondary N) is 1. The number of hydrogen-bond donors (Lipinski definition) is 1. The highest BCUT2D eigenvalue weighted by Crippen LogP contribution is 2.24. The minimum Gasteiger partial charge on any atom is -0.361 e. The lowest BCUT2D eigenvalue weighted by atomic mass is 10.2. The molecule has 5 heteroatoms. The molecule has 0 bridgehead atoms. The molecule has 0 saturated heterocycles. The van der Waals surface area contributed by atoms with Gasteiger partial charge in [-0.3, -0.25) is 0 Å². The van der Waals surface area contributed by atoms with Crippen molar-refractivity contribution in [3.8, 4) is 0 Å². The van der Waals surface area contributed by atoms with Gasteiger partial charge in [-0.25, -0.2) is 4.99 Å². The fraction of sp³-hybridized carbons (Fsp3) is 0.312. The molecule has 1 aromatic heterocycles. The van der Waals surface area contributed by atoms with Crippen molar-refractivity contribution in [2.24, 2.45) is 12.0 Å². The Morgan fingerprint density at radius 3 is 2.71 bits per heavy atom. The van der Waals surface area contributed by atoms with Crippen molar-refractivity contribution < 1.29 is 4.74 Å². The van der Waals surface area contributed by atoms with E-state index in [0.717, 1.165) is 22.8 Å². The third-order valence-corrected chi connectivity index (χ3v) is 3.48. The number of benzene rings is 1. The highest BCUT2D eigenvalue weighted by Gasteiger charge is 2.24. The van der Waals surface area contributed by atoms with Crippen LogP contribution in [0, 0.1) is 0 Å². The van der Waals surface area contributed by atoms with Crippen LogP contribution >= 0.6 is 0 Å². The summed E-state index contributed by atoms with van der Waals surface area (Å²) in [6.07, 6.45) is 1.66. The van der Waals surface area contributed by atoms with Crippen molar-refractivity contribution in [1.82, 2.24) is 9.47 Å². The SMILES string of the molecule is CN(C)C1=NC(OCc2ccccc2)Nc2ccn(C)c21. The third kappa shape index (κ3) is 2.78. The number of ether oxygens (including phenoxy) is 1. The molecule has 1 aromatic carbocycles. The molecule has 1 aliphatic heterocycles. The molecule has 1 N–H and O–H groups in total. The number of anilines is 1. The van der Waals surface area contributed by atoms with E-state index in [1.807, 2.05) is 68.6 Å². The largest absolute Gasteiger partial charge is 0.361 e. The predicted molar refractivity (Wildman–Crippen MR) is 84.3 cm³/mol. The Bertz CT molecular complexity index is 646. The molecule has 1 atom stereocenters. The van der Waals surface area contributed by atoms with Crippen LogP contribution in [0.15, 0.2) is 47.6 Å². The topological polar surface area (TPSA) is 41.8 Å². The number of nitrogens with zero attached hydrogens (tertiary/aromatic N) is 3. The molecule has 0 saturated carbocycles. The molecule has 0 radical (unpaired) electrons. The zero-order valence-corrected chi connectivity index (χ0v) is 12.6. The van der Waals surface area contributed by atoms with E-state index in [-0.39, 0.29) is 6.35 Å². The molecular weight excluding hydrogens is 264 g/mol. The van der Waals surface area contributed by atoms with Crippen LogP contribution in [-0.2, 0) is 18.4 Å². The molecule has 0 spiro atoms. The lowest BCUT2D eigenvalue weighted by molar-refractivity contribution is 0.0638. The molecular formula is C16H20N4O. The van der Waals surface area contributed by atoms with E-state index < -0.39 is 0 Å². The van der Waals surface area contributed by atoms with E-state index in [2.05, 4.69) is 14.9 Å². The minimum absolute atomic E-state index is 0.363. The Hall–Kier alpha value is -2.27. The molecule has 0 fully saturated rings. The quantitative estimate of drug-likeness (QED) is 0.940. The smallest absolute Gasteiger partial charge is 0.228 e. The number of aromatic nitrogens is 1. The van der Waals surface area contributed by atoms with Crippen molar-refractivity contribution in [2.75, 3.05) is 19.4 Å². The lowest BCUT2D eigenvalue weighted by Crippen LogP contribution is -2.35. The monoisotopic (exact) mass is 284 g/mol. The predicted octanol–water partition coefficient (Wildman–Crippen LogP) is 2.26. The summed E-state index contributed by atoms with van der Waals surface area (Å²) in [4.78, 5) is 6.67. The maximum Gasteiger partial charge on any atom is 0.228 e. The summed E-state index contributed by atoms with van der Waals surface area (Å²) in [5.74, 6) is 0.925. The van der Waals surface area contributed by atoms with Gasteiger partial charge >= 0.3 is 0 Å². The van der Waals surface area contributed by atoms with Gasteiger partial charge in [0.2, 0.25) is 6.35 Å². The molecule has 0 aliphatic carbocycles. The maximum atomic E-state index is 5.88. The molecule has 5 nitrogen and oxygen atoms in total. The molecule has 3 rings (SSSR count). The Balaban J connectivity index is 1.78. The summed E-state index contributed by atoms with van der Waals surface area (Å²) in [5.41, 5.74) is 3.27. The van der Waals surface area contributed by atoms with E-state index in [9.17, 15) is 0 Å². The number of rotatable bonds is 3. The van der Waals surface area contributed by atoms with Gasteiger partial charge < -0.3 is 19.5 Å². The Kier molecular flexibility index (Phi) is 3.66. The Labute approximate surface area is 124 Å². The Morgan fingerprint density at radius 2 is 2.00 bits per heavy atom. The van der Waals surface area contributed by atoms with Gasteiger partial charge in [0.15, 0.2) is 5.84 Å². The van der Waals surface area contributed by atoms with Gasteiger partial charge in [0.05, 0.1) is 12.3 Å². The van der Waals surface area contributed by atoms with Crippen LogP contribution in [-0.4, -0.2) is 35.7 Å². The highest BCUT2D eigenvalue weighted by atomic mass is 16.5. The van der Waals surface area contributed by atoms with Gasteiger partial charge in [-0.05, 0) is 11.6 Å². The van der Waals surface area contributed by atoms with Crippen molar-refractivity contribution in [1.29, 1.82) is 0 Å². The first-order valence-corrected chi connectivity index (χ1v) is 6.98. The third-order valence-electron chi connectivity index (χ3n) is 3.48. The molecule has 110 valence electrons. The molecule has 1 aliphatic rings. The number of fused-ring (bicyclic) bond motifs is 1. The zero-order valence-electron chi connectivity index (χ0n) is 12.6. The van der Waals surface area contributed by atoms with E-state index >= 15 is 0 Å². The van der Waals surface area contributed by atoms with Crippen LogP contribution in [0.4, 0.5) is 5.69 Å². The summed E-state index contributed by atoms with van der Waals surface area (Å²) >= 11 is 0. The van der Waals surface area contributed by atoms with Crippen LogP contribution < -0.4 is 5.32 Å². The lowest BCUT2D eigenvalue weighted by Gasteiger charge is -2.27. The van der Waals surface area contributed by atoms with Gasteiger partial charge in [-0.1, -0.05) is 30.3 Å². The summed E-state index contributed by atoms with van der Waals surface area (Å²) in [6, 6.07) is 12.2. The fourth-order valence-electron chi connectivity index (χ4n) is 2.42. The average molecular weight is 284 g/mol. The zero-order chi connectivity index (χ0) is 14.8. The first kappa shape index (κ1) is 13.7. The molecule has 0 amide bonds. The van der Waals surface area contributed by atoms with Crippen LogP contribution in [0.2, 0.25) is 0 Å². The van der Waals surface area contributed by atoms with Crippen LogP contribution in [0.5, 0.6) is 0 Å². The summed E-state index contributed by atoms with van der Waals surface area (Å²) in [6.45, 7) is 0.533. The second-order valence-electron chi connectivity index (χ2n) is 5.33. The van der Waals surface area contributed by atoms with Gasteiger partial charge in [-0.2, -0.15) is 0 Å². The highest BCUT2D eigenvalue weighted by molar-refractivity contribution is 6.03. The number of amidine groups is 1. The van der Waals surface area contributed by atoms with Crippen LogP contribution in [0.3, 0.4) is 0 Å². The van der Waals surface area contributed by atoms with Gasteiger partial charge in [0.25, 0.3) is 0 Å². The van der Waals surface area contributed by atoms with Gasteiger partial charge in [0.1, 0.15) is 5.69 Å². The van der Waals surface area contributed by atoms with E-state index in [1.54, 1.807) is 0 Å². The number of aliphatic imine (C=N–C) groups is 1. The summed E-state index contributed by atoms with van der Waals surface area (Å²) in [7, 11) is 6.01. The van der Waals surface area contributed by atoms with Gasteiger partial charge in [-0.15, -0.1) is 0 Å². The first-order valence-electron chi connectivity index (χ1n) is 6.98. The first-order chi connectivity index (χ1) is 10.1. The normalized spacial score (nSPS) is 16.9. The standard InChI is InChI=1S/C16H20N4O/c1-19(2)15-14-13(9-10-20(14)3)17-16(18-15)21-11-12-7-5-4-6-8-12/h4-10,16-17H,11H2,1-3H3. The molecule has 2 heterocycles. The molecule has 21 heavy (non-hydrogen) atoms. The van der Waals surface area contributed by atoms with Gasteiger partial charge in [0, 0.05) is 27.3 Å². The average Bonchev–Trinajstić information content (AvgIpc) is 2.87.